The third-order valence-corrected chi connectivity index (χ3v) is 13.1. The first-order valence-electron chi connectivity index (χ1n) is 20.6. The van der Waals surface area contributed by atoms with Crippen molar-refractivity contribution in [3.63, 3.8) is 0 Å². The number of hydrogen-bond donors (Lipinski definition) is 2. The molecule has 3 saturated heterocycles. The number of carboxylic acids is 1. The van der Waals surface area contributed by atoms with Gasteiger partial charge in [0.05, 0.1) is 6.04 Å². The summed E-state index contributed by atoms with van der Waals surface area (Å²) < 4.78 is 0. The monoisotopic (exact) mass is 726 g/mol. The summed E-state index contributed by atoms with van der Waals surface area (Å²) in [6.07, 6.45) is 14.2. The van der Waals surface area contributed by atoms with Gasteiger partial charge in [-0.3, -0.25) is 14.4 Å². The van der Waals surface area contributed by atoms with Crippen LogP contribution in [0.25, 0.3) is 0 Å². The Morgan fingerprint density at radius 2 is 1.30 bits per heavy atom. The van der Waals surface area contributed by atoms with Crippen LogP contribution >= 0.6 is 0 Å². The minimum Gasteiger partial charge on any atom is -0.480 e. The molecule has 3 amide bonds. The van der Waals surface area contributed by atoms with Gasteiger partial charge in [0.2, 0.25) is 17.7 Å². The van der Waals surface area contributed by atoms with E-state index in [1.807, 2.05) is 47.9 Å². The Balaban J connectivity index is 0.000000181. The zero-order valence-electron chi connectivity index (χ0n) is 32.4. The summed E-state index contributed by atoms with van der Waals surface area (Å²) in [5.41, 5.74) is 2.58. The average molecular weight is 727 g/mol. The molecule has 5 aliphatic rings. The molecule has 3 aliphatic heterocycles. The van der Waals surface area contributed by atoms with Crippen molar-refractivity contribution < 1.29 is 24.3 Å². The standard InChI is InChI=1S/C22H32N2O3.C22H30N2O2/c1-15(12-13-17-8-4-3-5-9-17)23-16(2)21(25)24-19-11-7-6-10-18(19)14-20(24)22(26)27;1-15(12-13-17-8-4-3-5-9-17)23-16(2)21(25)24-19-11-7-6-10-18(19)14-20(24)22(23)26/h3-5,8-9,15-16,18-20,23H,6-7,10-14H2,1-2H3,(H,26,27);3-5,8-9,15-16,18-20H,6-7,10-14H2,1-2H3/t2*15-,16+,18-,19+,20+/m11/s1. The highest BCUT2D eigenvalue weighted by molar-refractivity contribution is 5.97. The smallest absolute Gasteiger partial charge is 0.326 e. The molecule has 2 N–H and O–H groups in total. The highest BCUT2D eigenvalue weighted by Gasteiger charge is 2.54. The fourth-order valence-corrected chi connectivity index (χ4v) is 10.3. The molecule has 10 atom stereocenters. The summed E-state index contributed by atoms with van der Waals surface area (Å²) >= 11 is 0. The largest absolute Gasteiger partial charge is 0.480 e. The van der Waals surface area contributed by atoms with Gasteiger partial charge < -0.3 is 25.1 Å². The van der Waals surface area contributed by atoms with Gasteiger partial charge in [-0.05, 0) is 115 Å². The van der Waals surface area contributed by atoms with Crippen molar-refractivity contribution in [3.8, 4) is 0 Å². The second-order valence-corrected chi connectivity index (χ2v) is 16.7. The fourth-order valence-electron chi connectivity index (χ4n) is 10.3. The summed E-state index contributed by atoms with van der Waals surface area (Å²) in [6, 6.07) is 19.9. The SMILES string of the molecule is C[C@H](CCc1ccccc1)N1C(=O)[C@@H]2C[C@H]3CCCC[C@@H]3N2C(=O)[C@@H]1C.C[C@H](CCc1ccccc1)N[C@@H](C)C(=O)N1[C@H](C(=O)O)C[C@H]2CCCC[C@@H]21. The first-order chi connectivity index (χ1) is 25.5. The summed E-state index contributed by atoms with van der Waals surface area (Å²) in [6.45, 7) is 7.99. The number of amides is 3. The lowest BCUT2D eigenvalue weighted by Crippen LogP contribution is -2.65. The normalized spacial score (nSPS) is 29.7. The number of nitrogens with one attached hydrogen (secondary N) is 1. The highest BCUT2D eigenvalue weighted by Crippen LogP contribution is 2.43. The molecule has 2 aliphatic carbocycles. The van der Waals surface area contributed by atoms with Gasteiger partial charge in [0.1, 0.15) is 18.1 Å². The van der Waals surface area contributed by atoms with Gasteiger partial charge in [0.25, 0.3) is 0 Å². The van der Waals surface area contributed by atoms with E-state index in [1.54, 1.807) is 4.90 Å². The molecule has 288 valence electrons. The molecule has 53 heavy (non-hydrogen) atoms. The Morgan fingerprint density at radius 1 is 0.755 bits per heavy atom. The predicted molar refractivity (Wildman–Crippen MR) is 207 cm³/mol. The van der Waals surface area contributed by atoms with Gasteiger partial charge in [-0.15, -0.1) is 0 Å². The number of hydrogen-bond acceptors (Lipinski definition) is 5. The van der Waals surface area contributed by atoms with Crippen molar-refractivity contribution >= 4 is 23.7 Å². The van der Waals surface area contributed by atoms with Crippen LogP contribution in [0.15, 0.2) is 60.7 Å². The van der Waals surface area contributed by atoms with Gasteiger partial charge in [-0.2, -0.15) is 0 Å². The Kier molecular flexibility index (Phi) is 13.0. The Labute approximate surface area is 316 Å². The summed E-state index contributed by atoms with van der Waals surface area (Å²) in [5, 5.41) is 13.0. The zero-order valence-corrected chi connectivity index (χ0v) is 32.4. The number of carbonyl (C=O) groups excluding carboxylic acids is 3. The van der Waals surface area contributed by atoms with E-state index in [9.17, 15) is 24.3 Å². The Morgan fingerprint density at radius 3 is 1.91 bits per heavy atom. The third kappa shape index (κ3) is 8.82. The maximum atomic E-state index is 13.3. The molecule has 2 saturated carbocycles. The van der Waals surface area contributed by atoms with Crippen molar-refractivity contribution in [1.29, 1.82) is 0 Å². The zero-order chi connectivity index (χ0) is 37.6. The van der Waals surface area contributed by atoms with E-state index in [0.717, 1.165) is 64.2 Å². The van der Waals surface area contributed by atoms with Crippen LogP contribution in [-0.4, -0.2) is 91.8 Å². The van der Waals surface area contributed by atoms with Crippen molar-refractivity contribution in [3.05, 3.63) is 71.8 Å². The van der Waals surface area contributed by atoms with Crippen LogP contribution in [0.4, 0.5) is 0 Å². The van der Waals surface area contributed by atoms with Gasteiger partial charge in [0, 0.05) is 24.2 Å². The van der Waals surface area contributed by atoms with Crippen LogP contribution in [0, 0.1) is 11.8 Å². The summed E-state index contributed by atoms with van der Waals surface area (Å²) in [7, 11) is 0. The molecule has 3 heterocycles. The number of benzene rings is 2. The minimum atomic E-state index is -0.859. The number of nitrogens with zero attached hydrogens (tertiary/aromatic N) is 3. The number of fused-ring (bicyclic) bond motifs is 4. The van der Waals surface area contributed by atoms with E-state index >= 15 is 0 Å². The summed E-state index contributed by atoms with van der Waals surface area (Å²) in [4.78, 5) is 56.9. The van der Waals surface area contributed by atoms with Crippen LogP contribution in [0.2, 0.25) is 0 Å². The number of aliphatic carboxylic acids is 1. The van der Waals surface area contributed by atoms with E-state index in [4.69, 9.17) is 0 Å². The molecule has 2 aromatic rings. The number of rotatable bonds is 11. The number of piperazine rings is 1. The quantitative estimate of drug-likeness (QED) is 0.269. The average Bonchev–Trinajstić information content (AvgIpc) is 3.76. The minimum absolute atomic E-state index is 0.0524. The van der Waals surface area contributed by atoms with Crippen LogP contribution in [0.3, 0.4) is 0 Å². The second-order valence-electron chi connectivity index (χ2n) is 16.7. The Bertz CT molecular complexity index is 1550. The van der Waals surface area contributed by atoms with E-state index in [2.05, 4.69) is 55.6 Å². The van der Waals surface area contributed by atoms with Crippen LogP contribution in [-0.2, 0) is 32.0 Å². The second kappa shape index (κ2) is 17.6. The lowest BCUT2D eigenvalue weighted by molar-refractivity contribution is -0.163. The fraction of sp³-hybridized carbons (Fsp3) is 0.636. The van der Waals surface area contributed by atoms with E-state index < -0.39 is 12.0 Å². The maximum Gasteiger partial charge on any atom is 0.326 e. The highest BCUT2D eigenvalue weighted by atomic mass is 16.4. The summed E-state index contributed by atoms with van der Waals surface area (Å²) in [5.74, 6) is 0.341. The van der Waals surface area contributed by atoms with Crippen molar-refractivity contribution in [1.82, 2.24) is 20.0 Å². The molecule has 0 bridgehead atoms. The van der Waals surface area contributed by atoms with E-state index in [1.165, 1.54) is 30.4 Å². The lowest BCUT2D eigenvalue weighted by Gasteiger charge is -2.46. The molecule has 9 nitrogen and oxygen atoms in total. The van der Waals surface area contributed by atoms with Gasteiger partial charge in [-0.1, -0.05) is 86.3 Å². The maximum absolute atomic E-state index is 13.3. The number of carboxylic acid groups (broad SMARTS) is 1. The third-order valence-electron chi connectivity index (χ3n) is 13.1. The van der Waals surface area contributed by atoms with Crippen LogP contribution < -0.4 is 5.32 Å². The molecule has 2 aromatic carbocycles. The molecular formula is C44H62N4O5. The van der Waals surface area contributed by atoms with Crippen molar-refractivity contribution in [2.75, 3.05) is 0 Å². The van der Waals surface area contributed by atoms with Crippen LogP contribution in [0.1, 0.15) is 116 Å². The topological polar surface area (TPSA) is 110 Å². The molecule has 7 rings (SSSR count). The van der Waals surface area contributed by atoms with E-state index in [0.29, 0.717) is 24.3 Å². The molecule has 5 fully saturated rings. The molecule has 0 unspecified atom stereocenters. The molecule has 0 radical (unpaired) electrons. The Hall–Kier alpha value is -3.72. The van der Waals surface area contributed by atoms with Crippen molar-refractivity contribution in [2.45, 2.75) is 166 Å². The predicted octanol–water partition coefficient (Wildman–Crippen LogP) is 6.63. The number of aryl methyl sites for hydroxylation is 2. The number of likely N-dealkylation sites (tertiary alicyclic amines) is 1. The molecule has 0 spiro atoms. The first kappa shape index (κ1) is 39.0. The molecular weight excluding hydrogens is 665 g/mol. The van der Waals surface area contributed by atoms with Gasteiger partial charge >= 0.3 is 5.97 Å². The van der Waals surface area contributed by atoms with Crippen molar-refractivity contribution in [2.24, 2.45) is 11.8 Å². The molecule has 9 heteroatoms. The lowest BCUT2D eigenvalue weighted by atomic mass is 9.84. The van der Waals surface area contributed by atoms with Crippen LogP contribution in [0.5, 0.6) is 0 Å². The van der Waals surface area contributed by atoms with E-state index in [-0.39, 0.29) is 54.0 Å². The van der Waals surface area contributed by atoms with Gasteiger partial charge in [-0.25, -0.2) is 4.79 Å². The van der Waals surface area contributed by atoms with Gasteiger partial charge in [0.15, 0.2) is 0 Å². The first-order valence-corrected chi connectivity index (χ1v) is 20.6. The molecule has 0 aromatic heterocycles. The number of carbonyl (C=O) groups is 4.